The lowest BCUT2D eigenvalue weighted by atomic mass is 9.74. The Morgan fingerprint density at radius 3 is 2.18 bits per heavy atom. The van der Waals surface area contributed by atoms with E-state index in [1.165, 1.54) is 4.90 Å². The topological polar surface area (TPSA) is 84.9 Å². The molecule has 1 unspecified atom stereocenters. The van der Waals surface area contributed by atoms with Crippen molar-refractivity contribution in [1.29, 1.82) is 0 Å². The first-order valence-corrected chi connectivity index (χ1v) is 14.5. The average Bonchev–Trinajstić information content (AvgIpc) is 2.81. The van der Waals surface area contributed by atoms with E-state index >= 15 is 0 Å². The molecule has 6 nitrogen and oxygen atoms in total. The minimum Gasteiger partial charge on any atom is -0.598 e. The Labute approximate surface area is 175 Å². The van der Waals surface area contributed by atoms with Gasteiger partial charge in [-0.25, -0.2) is 4.79 Å². The summed E-state index contributed by atoms with van der Waals surface area (Å²) in [5, 5.41) is 9.47. The summed E-state index contributed by atoms with van der Waals surface area (Å²) < 4.78 is 22.7. The number of amides is 1. The molecule has 2 N–H and O–H groups in total. The van der Waals surface area contributed by atoms with E-state index in [1.807, 2.05) is 20.8 Å². The Morgan fingerprint density at radius 2 is 1.75 bits per heavy atom. The van der Waals surface area contributed by atoms with Crippen LogP contribution in [0.1, 0.15) is 67.2 Å². The largest absolute Gasteiger partial charge is 0.598 e. The van der Waals surface area contributed by atoms with Crippen LogP contribution >= 0.6 is 0 Å². The monoisotopic (exact) mass is 432 g/mol. The van der Waals surface area contributed by atoms with Crippen LogP contribution in [-0.4, -0.2) is 59.0 Å². The molecule has 1 aliphatic carbocycles. The van der Waals surface area contributed by atoms with E-state index < -0.39 is 25.8 Å². The molecule has 1 aliphatic heterocycles. The predicted octanol–water partition coefficient (Wildman–Crippen LogP) is 4.35. The zero-order valence-corrected chi connectivity index (χ0v) is 20.7. The highest BCUT2D eigenvalue weighted by molar-refractivity contribution is 7.90. The fourth-order valence-corrected chi connectivity index (χ4v) is 6.37. The Bertz CT molecular complexity index is 566. The van der Waals surface area contributed by atoms with Crippen molar-refractivity contribution in [3.63, 3.8) is 0 Å². The molecule has 2 rings (SSSR count). The Hall–Kier alpha value is -0.283. The third kappa shape index (κ3) is 5.25. The first-order chi connectivity index (χ1) is 12.6. The fraction of sp³-hybridized carbons (Fsp3) is 0.950. The quantitative estimate of drug-likeness (QED) is 0.509. The lowest BCUT2D eigenvalue weighted by Crippen LogP contribution is -2.53. The zero-order valence-electron chi connectivity index (χ0n) is 18.9. The molecule has 1 saturated heterocycles. The number of carbonyl (C=O) groups is 1. The normalized spacial score (nSPS) is 27.2. The number of carboxylic acid groups (broad SMARTS) is 1. The molecule has 0 aromatic rings. The van der Waals surface area contributed by atoms with Crippen LogP contribution in [0.2, 0.25) is 18.1 Å². The van der Waals surface area contributed by atoms with E-state index in [0.717, 1.165) is 25.7 Å². The summed E-state index contributed by atoms with van der Waals surface area (Å²) in [6.45, 7) is 18.3. The fourth-order valence-electron chi connectivity index (χ4n) is 4.05. The highest BCUT2D eigenvalue weighted by atomic mass is 32.2. The number of hydrogen-bond acceptors (Lipinski definition) is 4. The Kier molecular flexibility index (Phi) is 6.94. The molecule has 0 aromatic carbocycles. The van der Waals surface area contributed by atoms with E-state index in [2.05, 4.69) is 38.6 Å². The number of nitrogens with one attached hydrogen (secondary N) is 1. The maximum absolute atomic E-state index is 12.8. The van der Waals surface area contributed by atoms with Crippen LogP contribution in [0.3, 0.4) is 0 Å². The van der Waals surface area contributed by atoms with Gasteiger partial charge < -0.3 is 19.0 Å². The third-order valence-corrected chi connectivity index (χ3v) is 13.1. The van der Waals surface area contributed by atoms with Gasteiger partial charge >= 0.3 is 6.09 Å². The van der Waals surface area contributed by atoms with E-state index in [1.54, 1.807) is 0 Å². The van der Waals surface area contributed by atoms with Crippen molar-refractivity contribution >= 4 is 25.8 Å². The minimum absolute atomic E-state index is 0.0418. The standard InChI is InChI=1S/C20H40N2O4SSi/c1-18(2,3)27(25)21-16-13-15(26-28(7,8)19(4,5)6)14-20(16)9-11-22(12-10-20)17(23)24/h15-16,21H,9-14H2,1-8H3,(H,23,24)/t15?,16-,27-/m1/s1. The smallest absolute Gasteiger partial charge is 0.407 e. The summed E-state index contributed by atoms with van der Waals surface area (Å²) in [7, 11) is -1.90. The third-order valence-electron chi connectivity index (χ3n) is 6.97. The SMILES string of the molecule is CC(C)(C)[S@@+]([O-])N[C@@H]1CC(O[Si](C)(C)C(C)(C)C)CC12CCN(C(=O)O)CC2. The van der Waals surface area contributed by atoms with Gasteiger partial charge in [-0.15, -0.1) is 4.72 Å². The molecule has 0 bridgehead atoms. The van der Waals surface area contributed by atoms with Crippen LogP contribution in [-0.2, 0) is 15.8 Å². The summed E-state index contributed by atoms with van der Waals surface area (Å²) in [6.07, 6.45) is 2.68. The molecule has 0 radical (unpaired) electrons. The van der Waals surface area contributed by atoms with Crippen LogP contribution in [0, 0.1) is 5.41 Å². The molecule has 164 valence electrons. The van der Waals surface area contributed by atoms with Gasteiger partial charge in [-0.05, 0) is 70.0 Å². The highest BCUT2D eigenvalue weighted by Crippen LogP contribution is 2.50. The first-order valence-electron chi connectivity index (χ1n) is 10.4. The van der Waals surface area contributed by atoms with Crippen molar-refractivity contribution in [1.82, 2.24) is 9.62 Å². The molecule has 2 aliphatic rings. The number of likely N-dealkylation sites (tertiary alicyclic amines) is 1. The Morgan fingerprint density at radius 1 is 1.21 bits per heavy atom. The van der Waals surface area contributed by atoms with Crippen LogP contribution in [0.4, 0.5) is 4.79 Å². The van der Waals surface area contributed by atoms with Crippen molar-refractivity contribution in [3.05, 3.63) is 0 Å². The molecule has 1 spiro atoms. The second kappa shape index (κ2) is 8.10. The van der Waals surface area contributed by atoms with Crippen molar-refractivity contribution < 1.29 is 18.9 Å². The van der Waals surface area contributed by atoms with Crippen LogP contribution in [0.5, 0.6) is 0 Å². The average molecular weight is 433 g/mol. The zero-order chi connectivity index (χ0) is 21.5. The van der Waals surface area contributed by atoms with Gasteiger partial charge in [-0.3, -0.25) is 0 Å². The van der Waals surface area contributed by atoms with E-state index in [4.69, 9.17) is 4.43 Å². The summed E-state index contributed by atoms with van der Waals surface area (Å²) in [5.41, 5.74) is -0.0418. The van der Waals surface area contributed by atoms with Crippen LogP contribution in [0.15, 0.2) is 0 Å². The molecule has 1 heterocycles. The van der Waals surface area contributed by atoms with Gasteiger partial charge in [-0.2, -0.15) is 0 Å². The van der Waals surface area contributed by atoms with E-state index in [9.17, 15) is 14.5 Å². The van der Waals surface area contributed by atoms with Crippen molar-refractivity contribution in [3.8, 4) is 0 Å². The molecule has 1 saturated carbocycles. The minimum atomic E-state index is -1.90. The van der Waals surface area contributed by atoms with Gasteiger partial charge in [0.25, 0.3) is 0 Å². The molecular formula is C20H40N2O4SSi. The van der Waals surface area contributed by atoms with Crippen molar-refractivity contribution in [2.45, 2.75) is 102 Å². The van der Waals surface area contributed by atoms with Gasteiger partial charge in [0.1, 0.15) is 4.75 Å². The maximum Gasteiger partial charge on any atom is 0.407 e. The predicted molar refractivity (Wildman–Crippen MR) is 117 cm³/mol. The molecule has 8 heteroatoms. The summed E-state index contributed by atoms with van der Waals surface area (Å²) >= 11 is -1.15. The van der Waals surface area contributed by atoms with Gasteiger partial charge in [0.05, 0.1) is 6.04 Å². The number of rotatable bonds is 4. The lowest BCUT2D eigenvalue weighted by molar-refractivity contribution is 0.0730. The molecule has 2 fully saturated rings. The first kappa shape index (κ1) is 24.0. The van der Waals surface area contributed by atoms with Gasteiger partial charge in [0.15, 0.2) is 8.32 Å². The molecule has 28 heavy (non-hydrogen) atoms. The molecule has 1 amide bonds. The van der Waals surface area contributed by atoms with Crippen LogP contribution in [0.25, 0.3) is 0 Å². The number of piperidine rings is 1. The van der Waals surface area contributed by atoms with Gasteiger partial charge in [-0.1, -0.05) is 20.8 Å². The summed E-state index contributed by atoms with van der Waals surface area (Å²) in [5.74, 6) is 0. The second-order valence-electron chi connectivity index (χ2n) is 11.1. The Balaban J connectivity index is 2.19. The van der Waals surface area contributed by atoms with Gasteiger partial charge in [0.2, 0.25) is 0 Å². The lowest BCUT2D eigenvalue weighted by Gasteiger charge is -2.43. The molecule has 0 aromatic heterocycles. The number of nitrogens with zero attached hydrogens (tertiary/aromatic N) is 1. The van der Waals surface area contributed by atoms with E-state index in [-0.39, 0.29) is 27.3 Å². The highest BCUT2D eigenvalue weighted by Gasteiger charge is 2.53. The number of hydrogen-bond donors (Lipinski definition) is 2. The van der Waals surface area contributed by atoms with Gasteiger partial charge in [0, 0.05) is 30.6 Å². The van der Waals surface area contributed by atoms with Crippen LogP contribution < -0.4 is 4.72 Å². The summed E-state index contributed by atoms with van der Waals surface area (Å²) in [4.78, 5) is 12.9. The van der Waals surface area contributed by atoms with Crippen molar-refractivity contribution in [2.75, 3.05) is 13.1 Å². The maximum atomic E-state index is 12.8. The second-order valence-corrected chi connectivity index (χ2v) is 17.9. The molecule has 3 atom stereocenters. The van der Waals surface area contributed by atoms with Crippen molar-refractivity contribution in [2.24, 2.45) is 5.41 Å². The molecular weight excluding hydrogens is 392 g/mol. The van der Waals surface area contributed by atoms with E-state index in [0.29, 0.717) is 13.1 Å². The summed E-state index contributed by atoms with van der Waals surface area (Å²) in [6, 6.07) is 0.0956.